The molecule has 57 heavy (non-hydrogen) atoms. The van der Waals surface area contributed by atoms with E-state index in [0.717, 1.165) is 13.8 Å². The second-order valence-corrected chi connectivity index (χ2v) is 17.0. The highest BCUT2D eigenvalue weighted by molar-refractivity contribution is 7.52. The van der Waals surface area contributed by atoms with Gasteiger partial charge in [0.1, 0.15) is 23.6 Å². The quantitative estimate of drug-likeness (QED) is 0.0680. The molecule has 0 saturated carbocycles. The summed E-state index contributed by atoms with van der Waals surface area (Å²) in [5.41, 5.74) is 1.81. The van der Waals surface area contributed by atoms with Crippen LogP contribution in [-0.4, -0.2) is 64.9 Å². The molecule has 0 aliphatic heterocycles. The minimum atomic E-state index is -4.55. The normalized spacial score (nSPS) is 16.7. The van der Waals surface area contributed by atoms with Gasteiger partial charge < -0.3 is 28.8 Å². The van der Waals surface area contributed by atoms with E-state index in [1.165, 1.54) is 32.9 Å². The number of carbonyl (C=O) groups is 2. The molecule has 20 heteroatoms. The molecule has 0 aliphatic carbocycles. The lowest BCUT2D eigenvalue weighted by Gasteiger charge is -2.45. The third-order valence-corrected chi connectivity index (χ3v) is 11.6. The van der Waals surface area contributed by atoms with Crippen molar-refractivity contribution in [2.75, 3.05) is 18.9 Å². The van der Waals surface area contributed by atoms with Crippen LogP contribution in [0.4, 0.5) is 19.0 Å². The molecule has 0 fully saturated rings. The second kappa shape index (κ2) is 20.6. The molecule has 0 spiro atoms. The topological polar surface area (TPSA) is 192 Å². The van der Waals surface area contributed by atoms with Gasteiger partial charge in [0.05, 0.1) is 36.9 Å². The number of rotatable bonds is 22. The van der Waals surface area contributed by atoms with E-state index in [9.17, 15) is 23.3 Å². The number of aromatic nitrogens is 2. The van der Waals surface area contributed by atoms with Crippen LogP contribution in [0.1, 0.15) is 68.4 Å². The maximum Gasteiger partial charge on any atom is 0.459 e. The Balaban J connectivity index is 2.06. The lowest BCUT2D eigenvalue weighted by atomic mass is 9.71. The number of hydrogen-bond acceptors (Lipinski definition) is 13. The Bertz CT molecular complexity index is 1880. The fourth-order valence-electron chi connectivity index (χ4n) is 5.09. The van der Waals surface area contributed by atoms with Crippen LogP contribution in [0.3, 0.4) is 0 Å². The van der Waals surface area contributed by atoms with Gasteiger partial charge in [0, 0.05) is 6.20 Å². The molecule has 4 N–H and O–H groups in total. The van der Waals surface area contributed by atoms with Gasteiger partial charge in [0.2, 0.25) is 0 Å². The summed E-state index contributed by atoms with van der Waals surface area (Å²) in [6, 6.07) is 11.7. The molecule has 7 unspecified atom stereocenters. The van der Waals surface area contributed by atoms with Gasteiger partial charge in [0.25, 0.3) is 5.92 Å². The van der Waals surface area contributed by atoms with Crippen molar-refractivity contribution in [3.8, 4) is 11.5 Å². The van der Waals surface area contributed by atoms with Crippen LogP contribution in [-0.2, 0) is 32.7 Å². The van der Waals surface area contributed by atoms with Gasteiger partial charge in [-0.3, -0.25) is 18.7 Å². The van der Waals surface area contributed by atoms with Gasteiger partial charge in [-0.05, 0) is 78.6 Å². The molecular formula is C37H52F3N5O10P2. The molecule has 15 nitrogen and oxygen atoms in total. The summed E-state index contributed by atoms with van der Waals surface area (Å²) in [7, 11) is -6.92. The highest BCUT2D eigenvalue weighted by Gasteiger charge is 2.58. The lowest BCUT2D eigenvalue weighted by Crippen LogP contribution is -2.54. The summed E-state index contributed by atoms with van der Waals surface area (Å²) in [4.78, 5) is 41.6. The number of halogens is 3. The lowest BCUT2D eigenvalue weighted by molar-refractivity contribution is -0.186. The predicted molar refractivity (Wildman–Crippen MR) is 208 cm³/mol. The first-order valence-corrected chi connectivity index (χ1v) is 20.8. The van der Waals surface area contributed by atoms with E-state index in [4.69, 9.17) is 33.3 Å². The number of anilines is 1. The van der Waals surface area contributed by atoms with Crippen LogP contribution >= 0.6 is 16.3 Å². The summed E-state index contributed by atoms with van der Waals surface area (Å²) in [5, 5.41) is 5.39. The number of hydrogen-bond donors (Lipinski definition) is 3. The van der Waals surface area contributed by atoms with Gasteiger partial charge in [-0.1, -0.05) is 50.2 Å². The van der Waals surface area contributed by atoms with Gasteiger partial charge in [-0.25, -0.2) is 27.6 Å². The largest absolute Gasteiger partial charge is 0.462 e. The molecule has 2 aromatic carbocycles. The van der Waals surface area contributed by atoms with Crippen molar-refractivity contribution in [1.29, 1.82) is 0 Å². The zero-order valence-corrected chi connectivity index (χ0v) is 35.1. The Kier molecular flexibility index (Phi) is 17.1. The smallest absolute Gasteiger partial charge is 0.459 e. The van der Waals surface area contributed by atoms with Crippen LogP contribution in [0, 0.1) is 17.2 Å². The first-order valence-electron chi connectivity index (χ1n) is 18.1. The molecule has 1 heterocycles. The molecular weight excluding hydrogens is 793 g/mol. The van der Waals surface area contributed by atoms with Crippen LogP contribution in [0.5, 0.6) is 11.5 Å². The van der Waals surface area contributed by atoms with Crippen molar-refractivity contribution < 1.29 is 54.9 Å². The molecule has 0 amide bonds. The van der Waals surface area contributed by atoms with Crippen LogP contribution in [0.25, 0.3) is 0 Å². The van der Waals surface area contributed by atoms with E-state index in [-0.39, 0.29) is 11.5 Å². The average Bonchev–Trinajstić information content (AvgIpc) is 3.14. The predicted octanol–water partition coefficient (Wildman–Crippen LogP) is 7.19. The SMILES string of the molecule is CC(C)OC(=O)C(C)NP(OCC(C)(C(C)COP(=O)(NC(C)C(=O)OC(C)C)Oc1ccccc1)C(F)(F)C(C)n1cc(F)c(N)nc1=O)Oc1ccccc1. The zero-order chi connectivity index (χ0) is 42.7. The first kappa shape index (κ1) is 47.3. The fraction of sp³-hybridized carbons (Fsp3) is 0.514. The molecule has 316 valence electrons. The maximum absolute atomic E-state index is 17.2. The minimum Gasteiger partial charge on any atom is -0.462 e. The van der Waals surface area contributed by atoms with E-state index in [1.54, 1.807) is 76.2 Å². The molecule has 0 aliphatic rings. The van der Waals surface area contributed by atoms with Crippen molar-refractivity contribution >= 4 is 34.0 Å². The summed E-state index contributed by atoms with van der Waals surface area (Å²) in [6.07, 6.45) is -0.428. The minimum absolute atomic E-state index is 0.0765. The molecule has 0 radical (unpaired) electrons. The summed E-state index contributed by atoms with van der Waals surface area (Å²) >= 11 is 0. The Labute approximate surface area is 331 Å². The summed E-state index contributed by atoms with van der Waals surface area (Å²) in [6.45, 7) is 11.3. The highest BCUT2D eigenvalue weighted by Crippen LogP contribution is 2.53. The van der Waals surface area contributed by atoms with Crippen molar-refractivity contribution in [3.05, 3.63) is 83.2 Å². The standard InChI is InChI=1S/C37H52F3N5O10P2/c1-23(2)52-33(46)26(6)43-56(54-29-16-12-10-13-17-29)50-22-36(9,37(39,40)28(8)45-20-31(38)32(41)42-35(45)48)25(5)21-51-57(49,55-30-18-14-11-15-19-30)44-27(7)34(47)53-24(3)4/h10-20,23-28,43H,21-22H2,1-9H3,(H,44,49)(H2,41,42,48). The maximum atomic E-state index is 17.2. The van der Waals surface area contributed by atoms with Crippen LogP contribution in [0.15, 0.2) is 71.7 Å². The number of nitrogens with one attached hydrogen (secondary N) is 2. The highest BCUT2D eigenvalue weighted by atomic mass is 31.2. The van der Waals surface area contributed by atoms with E-state index in [2.05, 4.69) is 15.2 Å². The van der Waals surface area contributed by atoms with Crippen molar-refractivity contribution in [3.63, 3.8) is 0 Å². The number of carbonyl (C=O) groups excluding carboxylic acids is 2. The average molecular weight is 846 g/mol. The molecule has 3 rings (SSSR count). The van der Waals surface area contributed by atoms with Gasteiger partial charge in [-0.15, -0.1) is 0 Å². The first-order chi connectivity index (χ1) is 26.6. The Morgan fingerprint density at radius 2 is 1.42 bits per heavy atom. The van der Waals surface area contributed by atoms with Gasteiger partial charge in [0.15, 0.2) is 11.6 Å². The zero-order valence-electron chi connectivity index (χ0n) is 33.3. The Hall–Kier alpha value is -4.05. The fourth-order valence-corrected chi connectivity index (χ4v) is 7.97. The number of nitrogens with zero attached hydrogens (tertiary/aromatic N) is 2. The Morgan fingerprint density at radius 3 is 1.96 bits per heavy atom. The van der Waals surface area contributed by atoms with Crippen LogP contribution in [0.2, 0.25) is 0 Å². The molecule has 7 atom stereocenters. The monoisotopic (exact) mass is 845 g/mol. The molecule has 1 aromatic heterocycles. The number of para-hydroxylation sites is 2. The molecule has 0 bridgehead atoms. The van der Waals surface area contributed by atoms with Crippen molar-refractivity contribution in [2.24, 2.45) is 11.3 Å². The summed E-state index contributed by atoms with van der Waals surface area (Å²) < 4.78 is 97.9. The van der Waals surface area contributed by atoms with E-state index in [1.807, 2.05) is 0 Å². The van der Waals surface area contributed by atoms with Gasteiger partial charge >= 0.3 is 33.9 Å². The molecule has 3 aromatic rings. The van der Waals surface area contributed by atoms with Crippen LogP contribution < -0.4 is 30.6 Å². The number of nitrogen functional groups attached to an aromatic ring is 1. The number of benzene rings is 2. The number of nitrogens with two attached hydrogens (primary N) is 1. The Morgan fingerprint density at radius 1 is 0.895 bits per heavy atom. The van der Waals surface area contributed by atoms with E-state index >= 15 is 8.78 Å². The van der Waals surface area contributed by atoms with Crippen molar-refractivity contribution in [2.45, 2.75) is 98.6 Å². The number of ether oxygens (including phenoxy) is 2. The van der Waals surface area contributed by atoms with E-state index < -0.39 is 106 Å². The molecule has 0 saturated heterocycles. The van der Waals surface area contributed by atoms with Crippen molar-refractivity contribution in [1.82, 2.24) is 19.7 Å². The van der Waals surface area contributed by atoms with Gasteiger partial charge in [-0.2, -0.15) is 10.1 Å². The third-order valence-electron chi connectivity index (χ3n) is 8.66. The number of esters is 2. The van der Waals surface area contributed by atoms with E-state index in [0.29, 0.717) is 10.8 Å². The second-order valence-electron chi connectivity index (χ2n) is 14.1. The third kappa shape index (κ3) is 13.2. The summed E-state index contributed by atoms with van der Waals surface area (Å²) in [5.74, 6) is -8.37. The number of alkyl halides is 2.